The molecule has 0 radical (unpaired) electrons. The third-order valence-electron chi connectivity index (χ3n) is 2.54. The Balaban J connectivity index is 2.49. The van der Waals surface area contributed by atoms with Crippen molar-refractivity contribution in [3.8, 4) is 0 Å². The summed E-state index contributed by atoms with van der Waals surface area (Å²) < 4.78 is 0. The fraction of sp³-hybridized carbons (Fsp3) is 0.385. The van der Waals surface area contributed by atoms with Gasteiger partial charge >= 0.3 is 0 Å². The lowest BCUT2D eigenvalue weighted by molar-refractivity contribution is -0.117. The van der Waals surface area contributed by atoms with Crippen LogP contribution in [0.15, 0.2) is 30.6 Å². The Morgan fingerprint density at radius 2 is 2.22 bits per heavy atom. The van der Waals surface area contributed by atoms with Crippen molar-refractivity contribution in [1.29, 1.82) is 0 Å². The lowest BCUT2D eigenvalue weighted by Gasteiger charge is -2.20. The number of carbonyl (C=O) groups is 1. The molecule has 0 spiro atoms. The maximum Gasteiger partial charge on any atom is 0.244 e. The third-order valence-corrected chi connectivity index (χ3v) is 3.71. The van der Waals surface area contributed by atoms with Gasteiger partial charge in [-0.25, -0.2) is 0 Å². The number of hydrogen-bond donors (Lipinski definition) is 2. The van der Waals surface area contributed by atoms with Gasteiger partial charge in [0.05, 0.1) is 6.61 Å². The van der Waals surface area contributed by atoms with Crippen molar-refractivity contribution in [2.45, 2.75) is 18.2 Å². The molecule has 1 rings (SSSR count). The lowest BCUT2D eigenvalue weighted by atomic mass is 10.2. The molecule has 98 valence electrons. The first-order valence-electron chi connectivity index (χ1n) is 5.69. The number of amides is 1. The number of aliphatic hydroxyl groups is 1. The van der Waals surface area contributed by atoms with Crippen molar-refractivity contribution in [3.63, 3.8) is 0 Å². The van der Waals surface area contributed by atoms with E-state index in [1.165, 1.54) is 17.8 Å². The lowest BCUT2D eigenvalue weighted by Crippen LogP contribution is -2.40. The Morgan fingerprint density at radius 1 is 1.56 bits per heavy atom. The van der Waals surface area contributed by atoms with Crippen molar-refractivity contribution in [2.75, 3.05) is 12.9 Å². The number of aliphatic hydroxyl groups excluding tert-OH is 1. The molecule has 2 unspecified atom stereocenters. The van der Waals surface area contributed by atoms with E-state index in [1.54, 1.807) is 18.5 Å². The van der Waals surface area contributed by atoms with Crippen LogP contribution in [0.5, 0.6) is 0 Å². The van der Waals surface area contributed by atoms with E-state index >= 15 is 0 Å². The number of aromatic nitrogens is 1. The van der Waals surface area contributed by atoms with Gasteiger partial charge in [0, 0.05) is 29.8 Å². The SMILES string of the molecule is CSC(CO)C(C)NC(=O)/C=C/c1ccncc1. The monoisotopic (exact) mass is 266 g/mol. The first-order chi connectivity index (χ1) is 8.67. The Hall–Kier alpha value is -1.33. The van der Waals surface area contributed by atoms with Crippen LogP contribution in [0.4, 0.5) is 0 Å². The molecule has 0 aromatic carbocycles. The fourth-order valence-electron chi connectivity index (χ4n) is 1.45. The molecule has 18 heavy (non-hydrogen) atoms. The first kappa shape index (κ1) is 14.7. The van der Waals surface area contributed by atoms with Gasteiger partial charge in [-0.3, -0.25) is 9.78 Å². The molecule has 0 aliphatic heterocycles. The van der Waals surface area contributed by atoms with Crippen LogP contribution in [-0.2, 0) is 4.79 Å². The maximum absolute atomic E-state index is 11.7. The van der Waals surface area contributed by atoms with Gasteiger partial charge in [-0.15, -0.1) is 0 Å². The number of nitrogens with one attached hydrogen (secondary N) is 1. The Kier molecular flexibility index (Phi) is 6.46. The summed E-state index contributed by atoms with van der Waals surface area (Å²) in [6.07, 6.45) is 8.49. The topological polar surface area (TPSA) is 62.2 Å². The minimum Gasteiger partial charge on any atom is -0.395 e. The number of carbonyl (C=O) groups excluding carboxylic acids is 1. The van der Waals surface area contributed by atoms with Crippen LogP contribution < -0.4 is 5.32 Å². The summed E-state index contributed by atoms with van der Waals surface area (Å²) in [4.78, 5) is 15.6. The molecule has 1 aromatic rings. The molecule has 2 N–H and O–H groups in total. The van der Waals surface area contributed by atoms with Gasteiger partial charge in [0.25, 0.3) is 0 Å². The average Bonchev–Trinajstić information content (AvgIpc) is 2.39. The molecule has 0 aliphatic carbocycles. The van der Waals surface area contributed by atoms with Gasteiger partial charge in [0.2, 0.25) is 5.91 Å². The highest BCUT2D eigenvalue weighted by atomic mass is 32.2. The van der Waals surface area contributed by atoms with E-state index in [2.05, 4.69) is 10.3 Å². The van der Waals surface area contributed by atoms with Gasteiger partial charge in [0.15, 0.2) is 0 Å². The minimum atomic E-state index is -0.160. The second-order valence-corrected chi connectivity index (χ2v) is 4.94. The zero-order valence-corrected chi connectivity index (χ0v) is 11.4. The highest BCUT2D eigenvalue weighted by Crippen LogP contribution is 2.10. The molecule has 2 atom stereocenters. The van der Waals surface area contributed by atoms with Gasteiger partial charge < -0.3 is 10.4 Å². The van der Waals surface area contributed by atoms with Crippen molar-refractivity contribution in [2.24, 2.45) is 0 Å². The van der Waals surface area contributed by atoms with Crippen molar-refractivity contribution in [1.82, 2.24) is 10.3 Å². The smallest absolute Gasteiger partial charge is 0.244 e. The van der Waals surface area contributed by atoms with E-state index in [0.29, 0.717) is 0 Å². The van der Waals surface area contributed by atoms with Crippen LogP contribution in [0.2, 0.25) is 0 Å². The second-order valence-electron chi connectivity index (χ2n) is 3.87. The van der Waals surface area contributed by atoms with E-state index < -0.39 is 0 Å². The number of nitrogens with zero attached hydrogens (tertiary/aromatic N) is 1. The van der Waals surface area contributed by atoms with Crippen LogP contribution in [0.25, 0.3) is 6.08 Å². The van der Waals surface area contributed by atoms with Crippen LogP contribution in [0, 0.1) is 0 Å². The van der Waals surface area contributed by atoms with Crippen LogP contribution >= 0.6 is 11.8 Å². The normalized spacial score (nSPS) is 14.4. The Morgan fingerprint density at radius 3 is 2.78 bits per heavy atom. The highest BCUT2D eigenvalue weighted by Gasteiger charge is 2.15. The minimum absolute atomic E-state index is 0.0169. The summed E-state index contributed by atoms with van der Waals surface area (Å²) in [6, 6.07) is 3.58. The molecule has 5 heteroatoms. The number of hydrogen-bond acceptors (Lipinski definition) is 4. The molecule has 4 nitrogen and oxygen atoms in total. The molecule has 0 aliphatic rings. The van der Waals surface area contributed by atoms with Gasteiger partial charge in [-0.1, -0.05) is 0 Å². The van der Waals surface area contributed by atoms with E-state index in [1.807, 2.05) is 25.3 Å². The van der Waals surface area contributed by atoms with Crippen LogP contribution in [0.3, 0.4) is 0 Å². The highest BCUT2D eigenvalue weighted by molar-refractivity contribution is 7.99. The molecule has 1 amide bonds. The molecule has 1 heterocycles. The summed E-state index contributed by atoms with van der Waals surface area (Å²) in [5, 5.41) is 12.0. The zero-order valence-electron chi connectivity index (χ0n) is 10.5. The first-order valence-corrected chi connectivity index (χ1v) is 6.98. The molecule has 0 saturated carbocycles. The van der Waals surface area contributed by atoms with Crippen molar-refractivity contribution >= 4 is 23.7 Å². The predicted molar refractivity (Wildman–Crippen MR) is 75.3 cm³/mol. The Bertz CT molecular complexity index is 391. The molecule has 1 aromatic heterocycles. The summed E-state index contributed by atoms with van der Waals surface area (Å²) in [5.41, 5.74) is 0.927. The largest absolute Gasteiger partial charge is 0.395 e. The van der Waals surface area contributed by atoms with E-state index in [-0.39, 0.29) is 23.8 Å². The van der Waals surface area contributed by atoms with E-state index in [4.69, 9.17) is 5.11 Å². The van der Waals surface area contributed by atoms with Crippen molar-refractivity contribution < 1.29 is 9.90 Å². The third kappa shape index (κ3) is 4.89. The fourth-order valence-corrected chi connectivity index (χ4v) is 2.07. The van der Waals surface area contributed by atoms with Gasteiger partial charge in [-0.05, 0) is 37.0 Å². The van der Waals surface area contributed by atoms with Crippen LogP contribution in [-0.4, -0.2) is 40.2 Å². The second kappa shape index (κ2) is 7.89. The van der Waals surface area contributed by atoms with E-state index in [9.17, 15) is 4.79 Å². The van der Waals surface area contributed by atoms with Crippen molar-refractivity contribution in [3.05, 3.63) is 36.2 Å². The number of thioether (sulfide) groups is 1. The summed E-state index contributed by atoms with van der Waals surface area (Å²) >= 11 is 1.54. The van der Waals surface area contributed by atoms with Gasteiger partial charge in [-0.2, -0.15) is 11.8 Å². The molecule has 0 fully saturated rings. The summed E-state index contributed by atoms with van der Waals surface area (Å²) in [7, 11) is 0. The molecule has 0 bridgehead atoms. The standard InChI is InChI=1S/C13H18N2O2S/c1-10(12(9-16)18-2)15-13(17)4-3-11-5-7-14-8-6-11/h3-8,10,12,16H,9H2,1-2H3,(H,15,17)/b4-3+. The molecule has 0 saturated heterocycles. The number of rotatable bonds is 6. The van der Waals surface area contributed by atoms with Crippen LogP contribution in [0.1, 0.15) is 12.5 Å². The average molecular weight is 266 g/mol. The Labute approximate surface area is 112 Å². The van der Waals surface area contributed by atoms with E-state index in [0.717, 1.165) is 5.56 Å². The zero-order chi connectivity index (χ0) is 13.4. The summed E-state index contributed by atoms with van der Waals surface area (Å²) in [5.74, 6) is -0.160. The molecular formula is C13H18N2O2S. The number of pyridine rings is 1. The quantitative estimate of drug-likeness (QED) is 0.762. The predicted octanol–water partition coefficient (Wildman–Crippen LogP) is 1.32. The maximum atomic E-state index is 11.7. The molecular weight excluding hydrogens is 248 g/mol. The summed E-state index contributed by atoms with van der Waals surface area (Å²) in [6.45, 7) is 1.94. The van der Waals surface area contributed by atoms with Gasteiger partial charge in [0.1, 0.15) is 0 Å².